The average molecular weight is 240 g/mol. The van der Waals surface area contributed by atoms with Gasteiger partial charge in [-0.2, -0.15) is 0 Å². The largest absolute Gasteiger partial charge is 1.00 e. The summed E-state index contributed by atoms with van der Waals surface area (Å²) in [7, 11) is 1.53. The third-order valence-electron chi connectivity index (χ3n) is 2.38. The first-order valence-electron chi connectivity index (χ1n) is 4.64. The van der Waals surface area contributed by atoms with Gasteiger partial charge in [-0.1, -0.05) is 6.07 Å². The molecule has 0 radical (unpaired) electrons. The van der Waals surface area contributed by atoms with Crippen molar-refractivity contribution in [3.8, 4) is 11.5 Å². The summed E-state index contributed by atoms with van der Waals surface area (Å²) in [5.41, 5.74) is -0.222. The first-order valence-corrected chi connectivity index (χ1v) is 4.64. The Bertz CT molecular complexity index is 566. The third kappa shape index (κ3) is 2.72. The molecule has 2 aromatic rings. The predicted octanol–water partition coefficient (Wildman–Crippen LogP) is -2.08. The summed E-state index contributed by atoms with van der Waals surface area (Å²) < 4.78 is 5.03. The molecule has 17 heavy (non-hydrogen) atoms. The molecule has 0 saturated carbocycles. The molecule has 0 unspecified atom stereocenters. The van der Waals surface area contributed by atoms with E-state index in [9.17, 15) is 15.0 Å². The maximum atomic E-state index is 10.7. The zero-order chi connectivity index (χ0) is 11.7. The van der Waals surface area contributed by atoms with Crippen molar-refractivity contribution in [3.63, 3.8) is 0 Å². The van der Waals surface area contributed by atoms with Crippen molar-refractivity contribution < 1.29 is 49.3 Å². The molecule has 2 rings (SSSR count). The van der Waals surface area contributed by atoms with Gasteiger partial charge >= 0.3 is 29.6 Å². The van der Waals surface area contributed by atoms with E-state index < -0.39 is 5.97 Å². The van der Waals surface area contributed by atoms with Gasteiger partial charge < -0.3 is 19.7 Å². The number of carboxylic acids is 1. The second-order valence-electron chi connectivity index (χ2n) is 3.37. The van der Waals surface area contributed by atoms with Gasteiger partial charge in [-0.05, 0) is 35.0 Å². The molecule has 2 aromatic carbocycles. The van der Waals surface area contributed by atoms with Gasteiger partial charge in [0.2, 0.25) is 0 Å². The fourth-order valence-corrected chi connectivity index (χ4v) is 1.55. The van der Waals surface area contributed by atoms with E-state index in [0.717, 1.165) is 5.39 Å². The molecule has 0 aromatic heterocycles. The van der Waals surface area contributed by atoms with Crippen LogP contribution in [0.1, 0.15) is 10.4 Å². The standard InChI is InChI=1S/C12H10O4.Na/c1-16-9-3-2-7-6-11(13)10(12(14)15)5-8(7)4-9;/h2-6,13H,1H3,(H,14,15);/q;+1/p-1. The Morgan fingerprint density at radius 3 is 2.53 bits per heavy atom. The summed E-state index contributed by atoms with van der Waals surface area (Å²) in [5.74, 6) is -1.07. The molecule has 0 spiro atoms. The summed E-state index contributed by atoms with van der Waals surface area (Å²) in [4.78, 5) is 10.7. The van der Waals surface area contributed by atoms with Crippen LogP contribution in [0.25, 0.3) is 10.8 Å². The van der Waals surface area contributed by atoms with Crippen LogP contribution in [0.3, 0.4) is 0 Å². The molecule has 0 heterocycles. The number of benzene rings is 2. The molecule has 5 heteroatoms. The van der Waals surface area contributed by atoms with Crippen LogP contribution in [0.4, 0.5) is 0 Å². The SMILES string of the molecule is COc1ccc2cc(O)c(C(=O)[O-])cc2c1.[Na+]. The fourth-order valence-electron chi connectivity index (χ4n) is 1.55. The normalized spacial score (nSPS) is 9.71. The van der Waals surface area contributed by atoms with Gasteiger partial charge in [-0.25, -0.2) is 0 Å². The van der Waals surface area contributed by atoms with Crippen molar-refractivity contribution >= 4 is 16.7 Å². The molecule has 0 aliphatic heterocycles. The number of fused-ring (bicyclic) bond motifs is 1. The third-order valence-corrected chi connectivity index (χ3v) is 2.38. The van der Waals surface area contributed by atoms with E-state index in [4.69, 9.17) is 4.74 Å². The van der Waals surface area contributed by atoms with Crippen molar-refractivity contribution in [3.05, 3.63) is 35.9 Å². The zero-order valence-electron chi connectivity index (χ0n) is 9.56. The smallest absolute Gasteiger partial charge is 0.545 e. The van der Waals surface area contributed by atoms with Crippen LogP contribution in [-0.4, -0.2) is 18.2 Å². The van der Waals surface area contributed by atoms with Crippen LogP contribution >= 0.6 is 0 Å². The summed E-state index contributed by atoms with van der Waals surface area (Å²) >= 11 is 0. The van der Waals surface area contributed by atoms with E-state index >= 15 is 0 Å². The van der Waals surface area contributed by atoms with Gasteiger partial charge in [0, 0.05) is 5.56 Å². The number of ether oxygens (including phenoxy) is 1. The van der Waals surface area contributed by atoms with Crippen LogP contribution in [0, 0.1) is 0 Å². The molecule has 4 nitrogen and oxygen atoms in total. The van der Waals surface area contributed by atoms with Crippen LogP contribution in [0.2, 0.25) is 0 Å². The van der Waals surface area contributed by atoms with E-state index in [1.54, 1.807) is 18.2 Å². The van der Waals surface area contributed by atoms with E-state index in [0.29, 0.717) is 11.1 Å². The molecule has 0 amide bonds. The molecule has 0 aliphatic rings. The van der Waals surface area contributed by atoms with Crippen LogP contribution in [0.15, 0.2) is 30.3 Å². The predicted molar refractivity (Wildman–Crippen MR) is 56.5 cm³/mol. The summed E-state index contributed by atoms with van der Waals surface area (Å²) in [6.07, 6.45) is 0. The summed E-state index contributed by atoms with van der Waals surface area (Å²) in [5, 5.41) is 21.6. The Balaban J connectivity index is 0.00000144. The van der Waals surface area contributed by atoms with Crippen molar-refractivity contribution in [2.45, 2.75) is 0 Å². The number of hydrogen-bond acceptors (Lipinski definition) is 4. The fraction of sp³-hybridized carbons (Fsp3) is 0.0833. The number of carbonyl (C=O) groups excluding carboxylic acids is 1. The van der Waals surface area contributed by atoms with Gasteiger partial charge in [-0.15, -0.1) is 0 Å². The number of phenols is 1. The van der Waals surface area contributed by atoms with Crippen molar-refractivity contribution in [2.75, 3.05) is 7.11 Å². The Labute approximate surface area is 120 Å². The molecule has 0 fully saturated rings. The number of aromatic hydroxyl groups is 1. The maximum Gasteiger partial charge on any atom is 1.00 e. The number of carbonyl (C=O) groups is 1. The number of rotatable bonds is 2. The second kappa shape index (κ2) is 5.40. The van der Waals surface area contributed by atoms with Crippen molar-refractivity contribution in [2.24, 2.45) is 0 Å². The van der Waals surface area contributed by atoms with Gasteiger partial charge in [0.25, 0.3) is 0 Å². The van der Waals surface area contributed by atoms with Crippen LogP contribution in [0.5, 0.6) is 11.5 Å². The monoisotopic (exact) mass is 240 g/mol. The molecule has 1 N–H and O–H groups in total. The Morgan fingerprint density at radius 1 is 1.24 bits per heavy atom. The minimum absolute atomic E-state index is 0. The number of hydrogen-bond donors (Lipinski definition) is 1. The van der Waals surface area contributed by atoms with Gasteiger partial charge in [-0.3, -0.25) is 0 Å². The van der Waals surface area contributed by atoms with Gasteiger partial charge in [0.15, 0.2) is 0 Å². The minimum Gasteiger partial charge on any atom is -0.545 e. The first-order chi connectivity index (χ1) is 7.61. The molecule has 0 saturated heterocycles. The molecule has 0 bridgehead atoms. The maximum absolute atomic E-state index is 10.7. The summed E-state index contributed by atoms with van der Waals surface area (Å²) in [6, 6.07) is 7.93. The van der Waals surface area contributed by atoms with Crippen molar-refractivity contribution in [1.29, 1.82) is 0 Å². The van der Waals surface area contributed by atoms with E-state index in [1.807, 2.05) is 0 Å². The van der Waals surface area contributed by atoms with Gasteiger partial charge in [0.05, 0.1) is 13.1 Å². The van der Waals surface area contributed by atoms with Crippen molar-refractivity contribution in [1.82, 2.24) is 0 Å². The number of aromatic carboxylic acids is 1. The average Bonchev–Trinajstić information content (AvgIpc) is 2.27. The second-order valence-corrected chi connectivity index (χ2v) is 3.37. The quantitative estimate of drug-likeness (QED) is 0.612. The number of carboxylic acid groups (broad SMARTS) is 1. The molecular weight excluding hydrogens is 231 g/mol. The first kappa shape index (κ1) is 13.8. The van der Waals surface area contributed by atoms with E-state index in [-0.39, 0.29) is 40.9 Å². The molecule has 0 aliphatic carbocycles. The minimum atomic E-state index is -1.40. The Kier molecular flexibility index (Phi) is 4.40. The van der Waals surface area contributed by atoms with E-state index in [1.165, 1.54) is 19.2 Å². The molecular formula is C12H9NaO4. The van der Waals surface area contributed by atoms with Crippen LogP contribution in [-0.2, 0) is 0 Å². The number of methoxy groups -OCH3 is 1. The van der Waals surface area contributed by atoms with Crippen LogP contribution < -0.4 is 39.4 Å². The molecule has 0 atom stereocenters. The van der Waals surface area contributed by atoms with Gasteiger partial charge in [0.1, 0.15) is 11.5 Å². The topological polar surface area (TPSA) is 69.6 Å². The Hall–Kier alpha value is -1.23. The summed E-state index contributed by atoms with van der Waals surface area (Å²) in [6.45, 7) is 0. The van der Waals surface area contributed by atoms with E-state index in [2.05, 4.69) is 0 Å². The molecule has 82 valence electrons. The zero-order valence-corrected chi connectivity index (χ0v) is 11.6. The Morgan fingerprint density at radius 2 is 1.94 bits per heavy atom.